The molecule has 5 nitrogen and oxygen atoms in total. The van der Waals surface area contributed by atoms with Gasteiger partial charge in [-0.3, -0.25) is 4.79 Å². The first kappa shape index (κ1) is 14.1. The van der Waals surface area contributed by atoms with E-state index in [1.807, 2.05) is 0 Å². The molecule has 0 spiro atoms. The number of aromatic nitrogens is 1. The lowest BCUT2D eigenvalue weighted by Gasteiger charge is -2.25. The van der Waals surface area contributed by atoms with Crippen LogP contribution < -0.4 is 16.0 Å². The Labute approximate surface area is 118 Å². The zero-order chi connectivity index (χ0) is 13.8. The normalized spacial score (nSPS) is 15.1. The van der Waals surface area contributed by atoms with Crippen molar-refractivity contribution in [2.45, 2.75) is 33.1 Å². The molecular weight excluding hydrogens is 260 g/mol. The van der Waals surface area contributed by atoms with E-state index < -0.39 is 0 Å². The molecule has 19 heavy (non-hydrogen) atoms. The lowest BCUT2D eigenvalue weighted by molar-refractivity contribution is 0.0944. The summed E-state index contributed by atoms with van der Waals surface area (Å²) in [5.41, 5.74) is 5.85. The minimum absolute atomic E-state index is 0.0830. The van der Waals surface area contributed by atoms with Gasteiger partial charge in [-0.2, -0.15) is 0 Å². The summed E-state index contributed by atoms with van der Waals surface area (Å²) in [6, 6.07) is 0. The molecule has 0 aliphatic heterocycles. The highest BCUT2D eigenvalue weighted by Gasteiger charge is 2.21. The number of carbonyl (C=O) groups is 1. The van der Waals surface area contributed by atoms with Gasteiger partial charge in [0.25, 0.3) is 5.91 Å². The van der Waals surface area contributed by atoms with Crippen LogP contribution in [-0.4, -0.2) is 30.5 Å². The molecule has 0 saturated heterocycles. The Kier molecular flexibility index (Phi) is 4.63. The van der Waals surface area contributed by atoms with E-state index in [1.165, 1.54) is 30.6 Å². The summed E-state index contributed by atoms with van der Waals surface area (Å²) in [6.07, 6.45) is 3.74. The second kappa shape index (κ2) is 6.23. The molecule has 0 bridgehead atoms. The number of rotatable bonds is 6. The van der Waals surface area contributed by atoms with Crippen LogP contribution in [0.3, 0.4) is 0 Å². The first-order valence-electron chi connectivity index (χ1n) is 6.95. The fraction of sp³-hybridized carbons (Fsp3) is 0.692. The second-order valence-electron chi connectivity index (χ2n) is 4.89. The van der Waals surface area contributed by atoms with Crippen LogP contribution >= 0.6 is 11.3 Å². The van der Waals surface area contributed by atoms with Crippen molar-refractivity contribution in [3.8, 4) is 0 Å². The van der Waals surface area contributed by atoms with Crippen LogP contribution in [0.4, 0.5) is 10.9 Å². The molecule has 1 aliphatic carbocycles. The van der Waals surface area contributed by atoms with Crippen LogP contribution in [0.25, 0.3) is 0 Å². The SMILES string of the molecule is CCN(CC)c1nc(N)c(C(=O)NCC2CCC2)s1. The molecule has 1 aliphatic rings. The van der Waals surface area contributed by atoms with Gasteiger partial charge in [0.05, 0.1) is 0 Å². The van der Waals surface area contributed by atoms with Crippen molar-refractivity contribution in [3.63, 3.8) is 0 Å². The topological polar surface area (TPSA) is 71.2 Å². The highest BCUT2D eigenvalue weighted by atomic mass is 32.1. The largest absolute Gasteiger partial charge is 0.382 e. The lowest BCUT2D eigenvalue weighted by atomic mass is 9.85. The number of nitrogens with zero attached hydrogens (tertiary/aromatic N) is 2. The molecule has 0 radical (unpaired) electrons. The summed E-state index contributed by atoms with van der Waals surface area (Å²) in [4.78, 5) is 19.0. The Bertz CT molecular complexity index is 438. The summed E-state index contributed by atoms with van der Waals surface area (Å²) in [5.74, 6) is 0.915. The van der Waals surface area contributed by atoms with E-state index in [4.69, 9.17) is 5.73 Å². The molecule has 1 aromatic rings. The maximum atomic E-state index is 12.1. The minimum atomic E-state index is -0.0830. The number of nitrogen functional groups attached to an aromatic ring is 1. The van der Waals surface area contributed by atoms with Gasteiger partial charge in [-0.25, -0.2) is 4.98 Å². The molecule has 0 aromatic carbocycles. The average Bonchev–Trinajstić information content (AvgIpc) is 2.71. The Morgan fingerprint density at radius 3 is 2.68 bits per heavy atom. The van der Waals surface area contributed by atoms with Crippen molar-refractivity contribution in [2.75, 3.05) is 30.3 Å². The van der Waals surface area contributed by atoms with E-state index in [9.17, 15) is 4.79 Å². The average molecular weight is 282 g/mol. The zero-order valence-electron chi connectivity index (χ0n) is 11.6. The number of nitrogens with two attached hydrogens (primary N) is 1. The summed E-state index contributed by atoms with van der Waals surface area (Å²) in [5, 5.41) is 3.79. The number of hydrogen-bond acceptors (Lipinski definition) is 5. The van der Waals surface area contributed by atoms with Crippen molar-refractivity contribution in [3.05, 3.63) is 4.88 Å². The molecule has 6 heteroatoms. The Morgan fingerprint density at radius 2 is 2.16 bits per heavy atom. The number of hydrogen-bond donors (Lipinski definition) is 2. The summed E-state index contributed by atoms with van der Waals surface area (Å²) in [7, 11) is 0. The fourth-order valence-corrected chi connectivity index (χ4v) is 3.16. The first-order chi connectivity index (χ1) is 9.15. The van der Waals surface area contributed by atoms with Crippen LogP contribution in [0.15, 0.2) is 0 Å². The maximum Gasteiger partial charge on any atom is 0.265 e. The third kappa shape index (κ3) is 3.18. The van der Waals surface area contributed by atoms with E-state index in [1.54, 1.807) is 0 Å². The van der Waals surface area contributed by atoms with Crippen LogP contribution in [0.1, 0.15) is 42.8 Å². The predicted octanol–water partition coefficient (Wildman–Crippen LogP) is 2.10. The maximum absolute atomic E-state index is 12.1. The van der Waals surface area contributed by atoms with E-state index in [-0.39, 0.29) is 5.91 Å². The van der Waals surface area contributed by atoms with E-state index in [2.05, 4.69) is 29.0 Å². The lowest BCUT2D eigenvalue weighted by Crippen LogP contribution is -2.32. The predicted molar refractivity (Wildman–Crippen MR) is 79.8 cm³/mol. The molecular formula is C13H22N4OS. The molecule has 2 rings (SSSR count). The van der Waals surface area contributed by atoms with E-state index in [0.29, 0.717) is 16.6 Å². The van der Waals surface area contributed by atoms with Crippen molar-refractivity contribution >= 4 is 28.2 Å². The number of thiazole rings is 1. The van der Waals surface area contributed by atoms with Gasteiger partial charge in [-0.05, 0) is 32.6 Å². The molecule has 3 N–H and O–H groups in total. The number of nitrogens with one attached hydrogen (secondary N) is 1. The van der Waals surface area contributed by atoms with E-state index >= 15 is 0 Å². The molecule has 0 unspecified atom stereocenters. The monoisotopic (exact) mass is 282 g/mol. The third-order valence-electron chi connectivity index (χ3n) is 3.66. The van der Waals surface area contributed by atoms with Gasteiger partial charge in [0.15, 0.2) is 5.13 Å². The van der Waals surface area contributed by atoms with Crippen LogP contribution in [-0.2, 0) is 0 Å². The molecule has 1 heterocycles. The Hall–Kier alpha value is -1.30. The summed E-state index contributed by atoms with van der Waals surface area (Å²) >= 11 is 1.38. The number of amides is 1. The zero-order valence-corrected chi connectivity index (χ0v) is 12.4. The van der Waals surface area contributed by atoms with Crippen molar-refractivity contribution < 1.29 is 4.79 Å². The molecule has 106 valence electrons. The van der Waals surface area contributed by atoms with Crippen LogP contribution in [0.5, 0.6) is 0 Å². The third-order valence-corrected chi connectivity index (χ3v) is 4.79. The standard InChI is InChI=1S/C13H22N4OS/c1-3-17(4-2)13-16-11(14)10(19-13)12(18)15-8-9-6-5-7-9/h9H,3-8,14H2,1-2H3,(H,15,18). The minimum Gasteiger partial charge on any atom is -0.382 e. The quantitative estimate of drug-likeness (QED) is 0.838. The molecule has 1 fully saturated rings. The van der Waals surface area contributed by atoms with E-state index in [0.717, 1.165) is 24.8 Å². The van der Waals surface area contributed by atoms with Gasteiger partial charge in [-0.15, -0.1) is 0 Å². The van der Waals surface area contributed by atoms with Crippen molar-refractivity contribution in [2.24, 2.45) is 5.92 Å². The van der Waals surface area contributed by atoms with Gasteiger partial charge in [0.2, 0.25) is 0 Å². The molecule has 1 amide bonds. The Morgan fingerprint density at radius 1 is 1.47 bits per heavy atom. The van der Waals surface area contributed by atoms with Gasteiger partial charge < -0.3 is 16.0 Å². The number of carbonyl (C=O) groups excluding carboxylic acids is 1. The fourth-order valence-electron chi connectivity index (χ4n) is 2.13. The van der Waals surface area contributed by atoms with Gasteiger partial charge in [0.1, 0.15) is 10.7 Å². The highest BCUT2D eigenvalue weighted by molar-refractivity contribution is 7.18. The number of anilines is 2. The summed E-state index contributed by atoms with van der Waals surface area (Å²) in [6.45, 7) is 6.63. The molecule has 0 atom stereocenters. The van der Waals surface area contributed by atoms with Crippen LogP contribution in [0.2, 0.25) is 0 Å². The van der Waals surface area contributed by atoms with Crippen molar-refractivity contribution in [1.29, 1.82) is 0 Å². The van der Waals surface area contributed by atoms with Crippen molar-refractivity contribution in [1.82, 2.24) is 10.3 Å². The molecule has 1 aromatic heterocycles. The smallest absolute Gasteiger partial charge is 0.265 e. The Balaban J connectivity index is 2.00. The molecule has 1 saturated carbocycles. The van der Waals surface area contributed by atoms with Gasteiger partial charge >= 0.3 is 0 Å². The summed E-state index contributed by atoms with van der Waals surface area (Å²) < 4.78 is 0. The second-order valence-corrected chi connectivity index (χ2v) is 5.87. The van der Waals surface area contributed by atoms with Gasteiger partial charge in [-0.1, -0.05) is 17.8 Å². The van der Waals surface area contributed by atoms with Gasteiger partial charge in [0, 0.05) is 19.6 Å². The first-order valence-corrected chi connectivity index (χ1v) is 7.76. The highest BCUT2D eigenvalue weighted by Crippen LogP contribution is 2.29. The van der Waals surface area contributed by atoms with Crippen LogP contribution in [0, 0.1) is 5.92 Å².